The zero-order valence-electron chi connectivity index (χ0n) is 10.8. The number of piperidine rings is 1. The first-order valence-corrected chi connectivity index (χ1v) is 6.25. The topological polar surface area (TPSA) is 66.5 Å². The van der Waals surface area contributed by atoms with Crippen LogP contribution >= 0.6 is 0 Å². The highest BCUT2D eigenvalue weighted by molar-refractivity contribution is 5.97. The molecule has 0 unspecified atom stereocenters. The van der Waals surface area contributed by atoms with Crippen molar-refractivity contribution in [3.63, 3.8) is 0 Å². The van der Waals surface area contributed by atoms with E-state index < -0.39 is 0 Å². The molecule has 2 rings (SSSR count). The summed E-state index contributed by atoms with van der Waals surface area (Å²) in [4.78, 5) is 36.0. The van der Waals surface area contributed by atoms with Gasteiger partial charge in [-0.15, -0.1) is 0 Å². The molecule has 0 saturated carbocycles. The van der Waals surface area contributed by atoms with E-state index in [1.165, 1.54) is 6.92 Å². The van der Waals surface area contributed by atoms with Gasteiger partial charge in [-0.3, -0.25) is 9.59 Å². The SMILES string of the molecule is CC(=O)c1cccc(NC(=O)N2CCC(=O)CC2)c1. The Morgan fingerprint density at radius 3 is 2.53 bits per heavy atom. The second kappa shape index (κ2) is 5.65. The number of rotatable bonds is 2. The first-order valence-electron chi connectivity index (χ1n) is 6.25. The van der Waals surface area contributed by atoms with Gasteiger partial charge in [0, 0.05) is 37.2 Å². The van der Waals surface area contributed by atoms with Gasteiger partial charge < -0.3 is 10.2 Å². The molecule has 0 aliphatic carbocycles. The molecule has 0 radical (unpaired) electrons. The van der Waals surface area contributed by atoms with Gasteiger partial charge >= 0.3 is 6.03 Å². The van der Waals surface area contributed by atoms with Crippen LogP contribution in [0.2, 0.25) is 0 Å². The molecular formula is C14H16N2O3. The second-order valence-electron chi connectivity index (χ2n) is 4.59. The molecule has 1 fully saturated rings. The smallest absolute Gasteiger partial charge is 0.321 e. The number of likely N-dealkylation sites (tertiary alicyclic amines) is 1. The minimum Gasteiger partial charge on any atom is -0.324 e. The van der Waals surface area contributed by atoms with Crippen LogP contribution in [0.15, 0.2) is 24.3 Å². The number of anilines is 1. The van der Waals surface area contributed by atoms with Gasteiger partial charge in [0.15, 0.2) is 5.78 Å². The highest BCUT2D eigenvalue weighted by Gasteiger charge is 2.20. The van der Waals surface area contributed by atoms with E-state index in [2.05, 4.69) is 5.32 Å². The predicted octanol–water partition coefficient (Wildman–Crippen LogP) is 2.09. The van der Waals surface area contributed by atoms with E-state index in [0.717, 1.165) is 0 Å². The van der Waals surface area contributed by atoms with E-state index in [9.17, 15) is 14.4 Å². The van der Waals surface area contributed by atoms with Crippen molar-refractivity contribution in [1.82, 2.24) is 4.90 Å². The molecule has 5 heteroatoms. The molecule has 1 aromatic rings. The zero-order chi connectivity index (χ0) is 13.8. The van der Waals surface area contributed by atoms with Crippen LogP contribution in [0.25, 0.3) is 0 Å². The third-order valence-electron chi connectivity index (χ3n) is 3.13. The van der Waals surface area contributed by atoms with Crippen LogP contribution in [0.5, 0.6) is 0 Å². The molecule has 19 heavy (non-hydrogen) atoms. The van der Waals surface area contributed by atoms with Crippen molar-refractivity contribution in [3.05, 3.63) is 29.8 Å². The van der Waals surface area contributed by atoms with Crippen molar-refractivity contribution in [1.29, 1.82) is 0 Å². The minimum absolute atomic E-state index is 0.0420. The summed E-state index contributed by atoms with van der Waals surface area (Å²) in [6.07, 6.45) is 0.835. The number of hydrogen-bond donors (Lipinski definition) is 1. The summed E-state index contributed by atoms with van der Waals surface area (Å²) in [6.45, 7) is 2.39. The van der Waals surface area contributed by atoms with Gasteiger partial charge in [0.05, 0.1) is 0 Å². The Labute approximate surface area is 111 Å². The van der Waals surface area contributed by atoms with E-state index in [4.69, 9.17) is 0 Å². The third-order valence-corrected chi connectivity index (χ3v) is 3.13. The monoisotopic (exact) mass is 260 g/mol. The number of benzene rings is 1. The van der Waals surface area contributed by atoms with Crippen LogP contribution in [0.4, 0.5) is 10.5 Å². The number of carbonyl (C=O) groups is 3. The van der Waals surface area contributed by atoms with Crippen molar-refractivity contribution in [2.24, 2.45) is 0 Å². The van der Waals surface area contributed by atoms with Crippen LogP contribution < -0.4 is 5.32 Å². The maximum atomic E-state index is 12.0. The van der Waals surface area contributed by atoms with Crippen molar-refractivity contribution in [2.75, 3.05) is 18.4 Å². The molecule has 1 N–H and O–H groups in total. The normalized spacial score (nSPS) is 15.2. The Morgan fingerprint density at radius 1 is 1.21 bits per heavy atom. The summed E-state index contributed by atoms with van der Waals surface area (Å²) < 4.78 is 0. The summed E-state index contributed by atoms with van der Waals surface area (Å²) >= 11 is 0. The van der Waals surface area contributed by atoms with E-state index in [1.54, 1.807) is 29.2 Å². The molecule has 0 aromatic heterocycles. The maximum absolute atomic E-state index is 12.0. The maximum Gasteiger partial charge on any atom is 0.321 e. The van der Waals surface area contributed by atoms with Crippen LogP contribution in [-0.2, 0) is 4.79 Å². The lowest BCUT2D eigenvalue weighted by atomic mass is 10.1. The molecule has 100 valence electrons. The fraction of sp³-hybridized carbons (Fsp3) is 0.357. The Kier molecular flexibility index (Phi) is 3.94. The van der Waals surface area contributed by atoms with Crippen molar-refractivity contribution in [3.8, 4) is 0 Å². The lowest BCUT2D eigenvalue weighted by molar-refractivity contribution is -0.120. The summed E-state index contributed by atoms with van der Waals surface area (Å²) in [5.74, 6) is 0.155. The fourth-order valence-electron chi connectivity index (χ4n) is 1.98. The van der Waals surface area contributed by atoms with Gasteiger partial charge in [-0.25, -0.2) is 4.79 Å². The van der Waals surface area contributed by atoms with Gasteiger partial charge in [0.25, 0.3) is 0 Å². The standard InChI is InChI=1S/C14H16N2O3/c1-10(17)11-3-2-4-12(9-11)15-14(19)16-7-5-13(18)6-8-16/h2-4,9H,5-8H2,1H3,(H,15,19). The predicted molar refractivity (Wildman–Crippen MR) is 71.3 cm³/mol. The van der Waals surface area contributed by atoms with E-state index in [-0.39, 0.29) is 17.6 Å². The molecule has 1 heterocycles. The van der Waals surface area contributed by atoms with Crippen molar-refractivity contribution in [2.45, 2.75) is 19.8 Å². The first-order chi connectivity index (χ1) is 9.06. The lowest BCUT2D eigenvalue weighted by Gasteiger charge is -2.26. The number of ketones is 2. The first kappa shape index (κ1) is 13.3. The molecule has 1 saturated heterocycles. The minimum atomic E-state index is -0.229. The van der Waals surface area contributed by atoms with Crippen LogP contribution in [-0.4, -0.2) is 35.6 Å². The Morgan fingerprint density at radius 2 is 1.89 bits per heavy atom. The van der Waals surface area contributed by atoms with Crippen LogP contribution in [0, 0.1) is 0 Å². The van der Waals surface area contributed by atoms with Gasteiger partial charge in [-0.1, -0.05) is 12.1 Å². The average molecular weight is 260 g/mol. The van der Waals surface area contributed by atoms with E-state index >= 15 is 0 Å². The summed E-state index contributed by atoms with van der Waals surface area (Å²) in [5, 5.41) is 2.75. The van der Waals surface area contributed by atoms with E-state index in [0.29, 0.717) is 37.2 Å². The Balaban J connectivity index is 2.00. The summed E-state index contributed by atoms with van der Waals surface area (Å²) in [7, 11) is 0. The van der Waals surface area contributed by atoms with E-state index in [1.807, 2.05) is 0 Å². The number of Topliss-reactive ketones (excluding diaryl/α,β-unsaturated/α-hetero) is 2. The highest BCUT2D eigenvalue weighted by atomic mass is 16.2. The summed E-state index contributed by atoms with van der Waals surface area (Å²) in [6, 6.07) is 6.59. The molecular weight excluding hydrogens is 244 g/mol. The summed E-state index contributed by atoms with van der Waals surface area (Å²) in [5.41, 5.74) is 1.15. The quantitative estimate of drug-likeness (QED) is 0.828. The zero-order valence-corrected chi connectivity index (χ0v) is 10.8. The number of urea groups is 1. The number of nitrogens with zero attached hydrogens (tertiary/aromatic N) is 1. The van der Waals surface area contributed by atoms with Gasteiger partial charge in [0.2, 0.25) is 0 Å². The largest absolute Gasteiger partial charge is 0.324 e. The molecule has 1 aliphatic heterocycles. The second-order valence-corrected chi connectivity index (χ2v) is 4.59. The lowest BCUT2D eigenvalue weighted by Crippen LogP contribution is -2.41. The Bertz CT molecular complexity index is 515. The van der Waals surface area contributed by atoms with Crippen LogP contribution in [0.1, 0.15) is 30.1 Å². The molecule has 0 bridgehead atoms. The van der Waals surface area contributed by atoms with Crippen molar-refractivity contribution < 1.29 is 14.4 Å². The molecule has 2 amide bonds. The number of carbonyl (C=O) groups excluding carboxylic acids is 3. The highest BCUT2D eigenvalue weighted by Crippen LogP contribution is 2.13. The molecule has 5 nitrogen and oxygen atoms in total. The third kappa shape index (κ3) is 3.40. The Hall–Kier alpha value is -2.17. The molecule has 1 aliphatic rings. The number of nitrogens with one attached hydrogen (secondary N) is 1. The molecule has 1 aromatic carbocycles. The fourth-order valence-corrected chi connectivity index (χ4v) is 1.98. The van der Waals surface area contributed by atoms with Gasteiger partial charge in [0.1, 0.15) is 5.78 Å². The van der Waals surface area contributed by atoms with Crippen molar-refractivity contribution >= 4 is 23.3 Å². The molecule has 0 atom stereocenters. The molecule has 0 spiro atoms. The number of hydrogen-bond acceptors (Lipinski definition) is 3. The average Bonchev–Trinajstić information content (AvgIpc) is 2.39. The number of amides is 2. The van der Waals surface area contributed by atoms with Gasteiger partial charge in [-0.05, 0) is 19.1 Å². The van der Waals surface area contributed by atoms with Crippen LogP contribution in [0.3, 0.4) is 0 Å². The van der Waals surface area contributed by atoms with Gasteiger partial charge in [-0.2, -0.15) is 0 Å².